The lowest BCUT2D eigenvalue weighted by Crippen LogP contribution is -2.11. The highest BCUT2D eigenvalue weighted by Gasteiger charge is 2.01. The summed E-state index contributed by atoms with van der Waals surface area (Å²) in [4.78, 5) is 0. The quantitative estimate of drug-likeness (QED) is 0.701. The average molecular weight is 269 g/mol. The molecule has 2 N–H and O–H groups in total. The predicted molar refractivity (Wildman–Crippen MR) is 77.2 cm³/mol. The Kier molecular flexibility index (Phi) is 7.69. The van der Waals surface area contributed by atoms with Gasteiger partial charge in [-0.05, 0) is 24.1 Å². The van der Waals surface area contributed by atoms with E-state index in [1.165, 1.54) is 6.42 Å². The zero-order valence-electron chi connectivity index (χ0n) is 11.1. The number of benzene rings is 1. The summed E-state index contributed by atoms with van der Waals surface area (Å²) in [5.41, 5.74) is 6.61. The Labute approximate surface area is 112 Å². The van der Waals surface area contributed by atoms with E-state index < -0.39 is 10.8 Å². The van der Waals surface area contributed by atoms with E-state index in [0.29, 0.717) is 18.9 Å². The first-order chi connectivity index (χ1) is 8.76. The minimum atomic E-state index is -0.752. The normalized spacial score (nSPS) is 12.3. The van der Waals surface area contributed by atoms with Crippen molar-refractivity contribution in [3.05, 3.63) is 29.8 Å². The van der Waals surface area contributed by atoms with Crippen molar-refractivity contribution < 1.29 is 8.95 Å². The van der Waals surface area contributed by atoms with E-state index in [1.807, 2.05) is 24.3 Å². The molecule has 0 fully saturated rings. The van der Waals surface area contributed by atoms with Gasteiger partial charge < -0.3 is 10.5 Å². The Morgan fingerprint density at radius 1 is 1.28 bits per heavy atom. The van der Waals surface area contributed by atoms with E-state index in [-0.39, 0.29) is 0 Å². The second-order valence-corrected chi connectivity index (χ2v) is 5.95. The summed E-state index contributed by atoms with van der Waals surface area (Å²) in [5.74, 6) is 2.21. The van der Waals surface area contributed by atoms with Crippen LogP contribution in [-0.2, 0) is 17.3 Å². The molecule has 18 heavy (non-hydrogen) atoms. The van der Waals surface area contributed by atoms with E-state index in [4.69, 9.17) is 10.5 Å². The van der Waals surface area contributed by atoms with Crippen molar-refractivity contribution in [2.24, 2.45) is 5.73 Å². The molecular weight excluding hydrogens is 246 g/mol. The molecule has 1 rings (SSSR count). The second-order valence-electron chi connectivity index (χ2n) is 4.26. The van der Waals surface area contributed by atoms with E-state index in [0.717, 1.165) is 29.9 Å². The molecule has 0 radical (unpaired) electrons. The van der Waals surface area contributed by atoms with Crippen LogP contribution in [0.1, 0.15) is 31.7 Å². The van der Waals surface area contributed by atoms with Gasteiger partial charge in [-0.1, -0.05) is 31.9 Å². The van der Waals surface area contributed by atoms with Crippen LogP contribution >= 0.6 is 0 Å². The number of hydrogen-bond donors (Lipinski definition) is 1. The van der Waals surface area contributed by atoms with Crippen molar-refractivity contribution >= 4 is 10.8 Å². The minimum Gasteiger partial charge on any atom is -0.493 e. The van der Waals surface area contributed by atoms with Crippen molar-refractivity contribution in [2.75, 3.05) is 18.1 Å². The van der Waals surface area contributed by atoms with Gasteiger partial charge in [0.2, 0.25) is 0 Å². The molecule has 0 saturated heterocycles. The average Bonchev–Trinajstić information content (AvgIpc) is 2.39. The van der Waals surface area contributed by atoms with Crippen LogP contribution in [0, 0.1) is 0 Å². The fourth-order valence-corrected chi connectivity index (χ4v) is 2.63. The number of rotatable bonds is 9. The number of unbranched alkanes of at least 4 members (excludes halogenated alkanes) is 2. The minimum absolute atomic E-state index is 0.507. The first kappa shape index (κ1) is 15.2. The van der Waals surface area contributed by atoms with Crippen molar-refractivity contribution in [3.8, 4) is 5.75 Å². The molecule has 102 valence electrons. The maximum absolute atomic E-state index is 11.6. The highest BCUT2D eigenvalue weighted by atomic mass is 32.2. The maximum Gasteiger partial charge on any atom is 0.119 e. The van der Waals surface area contributed by atoms with Crippen molar-refractivity contribution in [3.63, 3.8) is 0 Å². The summed E-state index contributed by atoms with van der Waals surface area (Å²) in [6.07, 6.45) is 3.37. The maximum atomic E-state index is 11.6. The van der Waals surface area contributed by atoms with Crippen LogP contribution in [0.5, 0.6) is 5.75 Å². The van der Waals surface area contributed by atoms with Crippen LogP contribution in [0.15, 0.2) is 24.3 Å². The van der Waals surface area contributed by atoms with Crippen LogP contribution in [0.25, 0.3) is 0 Å². The molecule has 0 amide bonds. The highest BCUT2D eigenvalue weighted by molar-refractivity contribution is 7.84. The van der Waals surface area contributed by atoms with Crippen LogP contribution in [0.4, 0.5) is 0 Å². The fraction of sp³-hybridized carbons (Fsp3) is 0.571. The summed E-state index contributed by atoms with van der Waals surface area (Å²) >= 11 is 0. The van der Waals surface area contributed by atoms with Gasteiger partial charge >= 0.3 is 0 Å². The van der Waals surface area contributed by atoms with Crippen LogP contribution in [-0.4, -0.2) is 22.3 Å². The third kappa shape index (κ3) is 6.17. The van der Waals surface area contributed by atoms with Crippen LogP contribution in [0.2, 0.25) is 0 Å². The molecule has 0 spiro atoms. The molecule has 0 aromatic heterocycles. The SMILES string of the molecule is CCCCCS(=O)CCOc1cccc(CN)c1. The Balaban J connectivity index is 2.22. The highest BCUT2D eigenvalue weighted by Crippen LogP contribution is 2.12. The number of nitrogens with two attached hydrogens (primary N) is 1. The summed E-state index contributed by atoms with van der Waals surface area (Å²) in [6.45, 7) is 3.17. The first-order valence-corrected chi connectivity index (χ1v) is 8.02. The Hall–Kier alpha value is -0.870. The molecule has 1 aromatic rings. The van der Waals surface area contributed by atoms with Gasteiger partial charge in [-0.25, -0.2) is 0 Å². The molecule has 0 heterocycles. The third-order valence-electron chi connectivity index (χ3n) is 2.69. The molecule has 0 saturated carbocycles. The molecule has 3 nitrogen and oxygen atoms in total. The predicted octanol–water partition coefficient (Wildman–Crippen LogP) is 2.46. The Bertz CT molecular complexity index is 369. The Morgan fingerprint density at radius 3 is 2.83 bits per heavy atom. The van der Waals surface area contributed by atoms with Gasteiger partial charge in [0.25, 0.3) is 0 Å². The second kappa shape index (κ2) is 9.11. The topological polar surface area (TPSA) is 52.3 Å². The fourth-order valence-electron chi connectivity index (χ4n) is 1.63. The molecule has 1 atom stereocenters. The molecular formula is C14H23NO2S. The van der Waals surface area contributed by atoms with Gasteiger partial charge in [-0.3, -0.25) is 4.21 Å². The van der Waals surface area contributed by atoms with Crippen molar-refractivity contribution in [2.45, 2.75) is 32.7 Å². The lowest BCUT2D eigenvalue weighted by Gasteiger charge is -2.07. The van der Waals surface area contributed by atoms with Crippen molar-refractivity contribution in [1.82, 2.24) is 0 Å². The summed E-state index contributed by atoms with van der Waals surface area (Å²) in [6, 6.07) is 7.73. The van der Waals surface area contributed by atoms with Crippen LogP contribution < -0.4 is 10.5 Å². The van der Waals surface area contributed by atoms with Gasteiger partial charge in [0.05, 0.1) is 12.4 Å². The van der Waals surface area contributed by atoms with Crippen molar-refractivity contribution in [1.29, 1.82) is 0 Å². The van der Waals surface area contributed by atoms with Gasteiger partial charge in [0, 0.05) is 23.1 Å². The largest absolute Gasteiger partial charge is 0.493 e. The number of ether oxygens (including phenoxy) is 1. The van der Waals surface area contributed by atoms with E-state index in [1.54, 1.807) is 0 Å². The summed E-state index contributed by atoms with van der Waals surface area (Å²) < 4.78 is 17.2. The van der Waals surface area contributed by atoms with E-state index >= 15 is 0 Å². The molecule has 1 unspecified atom stereocenters. The van der Waals surface area contributed by atoms with E-state index in [2.05, 4.69) is 6.92 Å². The number of hydrogen-bond acceptors (Lipinski definition) is 3. The molecule has 0 aliphatic carbocycles. The lowest BCUT2D eigenvalue weighted by molar-refractivity contribution is 0.342. The third-order valence-corrected chi connectivity index (χ3v) is 4.06. The van der Waals surface area contributed by atoms with Crippen LogP contribution in [0.3, 0.4) is 0 Å². The molecule has 0 aliphatic heterocycles. The lowest BCUT2D eigenvalue weighted by atomic mass is 10.2. The molecule has 4 heteroatoms. The summed E-state index contributed by atoms with van der Waals surface area (Å²) in [7, 11) is -0.752. The molecule has 0 aliphatic rings. The zero-order chi connectivity index (χ0) is 13.2. The Morgan fingerprint density at radius 2 is 2.11 bits per heavy atom. The van der Waals surface area contributed by atoms with Gasteiger partial charge in [-0.15, -0.1) is 0 Å². The monoisotopic (exact) mass is 269 g/mol. The van der Waals surface area contributed by atoms with E-state index in [9.17, 15) is 4.21 Å². The first-order valence-electron chi connectivity index (χ1n) is 6.53. The standard InChI is InChI=1S/C14H23NO2S/c1-2-3-4-9-18(16)10-8-17-14-7-5-6-13(11-14)12-15/h5-7,11H,2-4,8-10,12,15H2,1H3. The molecule has 1 aromatic carbocycles. The zero-order valence-corrected chi connectivity index (χ0v) is 11.9. The summed E-state index contributed by atoms with van der Waals surface area (Å²) in [5, 5.41) is 0. The smallest absolute Gasteiger partial charge is 0.119 e. The van der Waals surface area contributed by atoms with Gasteiger partial charge in [0.1, 0.15) is 5.75 Å². The molecule has 0 bridgehead atoms. The van der Waals surface area contributed by atoms with Gasteiger partial charge in [-0.2, -0.15) is 0 Å². The van der Waals surface area contributed by atoms with Gasteiger partial charge in [0.15, 0.2) is 0 Å².